The van der Waals surface area contributed by atoms with Crippen LogP contribution in [0.5, 0.6) is 0 Å². The minimum atomic E-state index is -0.0654. The van der Waals surface area contributed by atoms with Gasteiger partial charge in [0.25, 0.3) is 0 Å². The molecular formula is C39H35N3. The molecule has 1 unspecified atom stereocenters. The van der Waals surface area contributed by atoms with Gasteiger partial charge in [-0.05, 0) is 71.0 Å². The minimum Gasteiger partial charge on any atom is -0.313 e. The maximum atomic E-state index is 4.97. The first-order chi connectivity index (χ1) is 20.4. The molecule has 0 N–H and O–H groups in total. The fraction of sp³-hybridized carbons (Fsp3) is 0.205. The second-order valence-corrected chi connectivity index (χ2v) is 12.9. The van der Waals surface area contributed by atoms with Crippen LogP contribution in [0.15, 0.2) is 133 Å². The molecule has 0 amide bonds. The number of pyridine rings is 1. The largest absolute Gasteiger partial charge is 0.313 e. The van der Waals surface area contributed by atoms with Crippen molar-refractivity contribution in [3.63, 3.8) is 0 Å². The van der Waals surface area contributed by atoms with Crippen LogP contribution < -0.4 is 9.80 Å². The van der Waals surface area contributed by atoms with Gasteiger partial charge in [0.2, 0.25) is 0 Å². The van der Waals surface area contributed by atoms with E-state index in [1.165, 1.54) is 39.2 Å². The van der Waals surface area contributed by atoms with Gasteiger partial charge in [0.15, 0.2) is 0 Å². The van der Waals surface area contributed by atoms with Gasteiger partial charge in [-0.3, -0.25) is 4.90 Å². The maximum Gasteiger partial charge on any atom is 0.145 e. The van der Waals surface area contributed by atoms with Crippen LogP contribution >= 0.6 is 0 Å². The number of para-hydroxylation sites is 2. The summed E-state index contributed by atoms with van der Waals surface area (Å²) in [5.74, 6) is 1.33. The van der Waals surface area contributed by atoms with E-state index >= 15 is 0 Å². The van der Waals surface area contributed by atoms with Crippen molar-refractivity contribution in [3.05, 3.63) is 144 Å². The average Bonchev–Trinajstić information content (AvgIpc) is 3.02. The molecule has 1 aromatic heterocycles. The van der Waals surface area contributed by atoms with Crippen LogP contribution in [0, 0.1) is 5.92 Å². The van der Waals surface area contributed by atoms with Gasteiger partial charge in [0, 0.05) is 56.8 Å². The number of aromatic nitrogens is 1. The maximum absolute atomic E-state index is 4.97. The van der Waals surface area contributed by atoms with E-state index in [0.717, 1.165) is 29.0 Å². The van der Waals surface area contributed by atoms with E-state index in [0.29, 0.717) is 5.92 Å². The average molecular weight is 546 g/mol. The first kappa shape index (κ1) is 25.1. The van der Waals surface area contributed by atoms with E-state index < -0.39 is 0 Å². The SMILES string of the molecule is CC1(C)C2=C3C(CC=C2)C(C)(C)c2cc(N(c4ccccc4)c4nccc5ccccc45)ccc2N3c2ccccc21. The monoisotopic (exact) mass is 545 g/mol. The topological polar surface area (TPSA) is 19.4 Å². The first-order valence-corrected chi connectivity index (χ1v) is 15.0. The molecule has 1 atom stereocenters. The van der Waals surface area contributed by atoms with Crippen molar-refractivity contribution in [2.24, 2.45) is 5.92 Å². The molecule has 8 rings (SSSR count). The Hall–Kier alpha value is -4.63. The highest BCUT2D eigenvalue weighted by atomic mass is 15.2. The number of benzene rings is 4. The Bertz CT molecular complexity index is 1920. The molecule has 1 aliphatic carbocycles. The molecular weight excluding hydrogens is 510 g/mol. The third-order valence-corrected chi connectivity index (χ3v) is 9.92. The third kappa shape index (κ3) is 3.43. The molecule has 0 saturated heterocycles. The zero-order valence-corrected chi connectivity index (χ0v) is 24.7. The van der Waals surface area contributed by atoms with Crippen molar-refractivity contribution in [2.75, 3.05) is 9.80 Å². The van der Waals surface area contributed by atoms with Crippen LogP contribution in [0.2, 0.25) is 0 Å². The Morgan fingerprint density at radius 2 is 1.48 bits per heavy atom. The predicted molar refractivity (Wildman–Crippen MR) is 175 cm³/mol. The lowest BCUT2D eigenvalue weighted by Crippen LogP contribution is -2.47. The zero-order valence-electron chi connectivity index (χ0n) is 24.7. The highest BCUT2D eigenvalue weighted by Gasteiger charge is 2.50. The molecule has 3 aliphatic rings. The molecule has 5 aromatic rings. The van der Waals surface area contributed by atoms with Crippen LogP contribution in [-0.2, 0) is 10.8 Å². The highest BCUT2D eigenvalue weighted by molar-refractivity contribution is 5.97. The smallest absolute Gasteiger partial charge is 0.145 e. The van der Waals surface area contributed by atoms with Gasteiger partial charge in [-0.25, -0.2) is 4.98 Å². The summed E-state index contributed by atoms with van der Waals surface area (Å²) in [6.45, 7) is 9.66. The molecule has 4 aromatic carbocycles. The predicted octanol–water partition coefficient (Wildman–Crippen LogP) is 10.3. The summed E-state index contributed by atoms with van der Waals surface area (Å²) in [4.78, 5) is 9.87. The summed E-state index contributed by atoms with van der Waals surface area (Å²) in [6.07, 6.45) is 7.77. The lowest BCUT2D eigenvalue weighted by atomic mass is 9.60. The Balaban J connectivity index is 1.39. The number of fused-ring (bicyclic) bond motifs is 5. The van der Waals surface area contributed by atoms with Crippen LogP contribution in [-0.4, -0.2) is 4.98 Å². The molecule has 42 heavy (non-hydrogen) atoms. The van der Waals surface area contributed by atoms with Crippen LogP contribution in [0.25, 0.3) is 10.8 Å². The number of allylic oxidation sites excluding steroid dienone is 4. The quantitative estimate of drug-likeness (QED) is 0.225. The molecule has 2 aliphatic heterocycles. The van der Waals surface area contributed by atoms with Crippen molar-refractivity contribution < 1.29 is 0 Å². The first-order valence-electron chi connectivity index (χ1n) is 15.0. The van der Waals surface area contributed by atoms with Crippen molar-refractivity contribution in [3.8, 4) is 0 Å². The Morgan fingerprint density at radius 1 is 0.738 bits per heavy atom. The molecule has 0 saturated carbocycles. The zero-order chi connectivity index (χ0) is 28.6. The second kappa shape index (κ2) is 8.93. The van der Waals surface area contributed by atoms with Gasteiger partial charge < -0.3 is 4.90 Å². The summed E-state index contributed by atoms with van der Waals surface area (Å²) in [6, 6.07) is 37.3. The van der Waals surface area contributed by atoms with Gasteiger partial charge in [0.1, 0.15) is 5.82 Å². The Kier molecular flexibility index (Phi) is 5.34. The second-order valence-electron chi connectivity index (χ2n) is 12.9. The molecule has 206 valence electrons. The number of hydrogen-bond acceptors (Lipinski definition) is 3. The standard InChI is InChI=1S/C39H35N3/c1-38(2)30-17-10-11-20-34(30)42-35-22-21-28(25-33(35)39(3,4)32-19-12-18-31(38)36(32)42)41(27-14-6-5-7-15-27)37-29-16-9-8-13-26(29)23-24-40-37/h5-18,20-25,32H,19H2,1-4H3. The van der Waals surface area contributed by atoms with Crippen molar-refractivity contribution in [1.29, 1.82) is 0 Å². The molecule has 3 heterocycles. The number of anilines is 5. The summed E-state index contributed by atoms with van der Waals surface area (Å²) in [5, 5.41) is 2.32. The fourth-order valence-corrected chi connectivity index (χ4v) is 7.69. The number of rotatable bonds is 3. The van der Waals surface area contributed by atoms with Gasteiger partial charge in [-0.15, -0.1) is 0 Å². The fourth-order valence-electron chi connectivity index (χ4n) is 7.69. The van der Waals surface area contributed by atoms with Gasteiger partial charge in [-0.2, -0.15) is 0 Å². The van der Waals surface area contributed by atoms with E-state index in [-0.39, 0.29) is 10.8 Å². The molecule has 0 fully saturated rings. The van der Waals surface area contributed by atoms with Gasteiger partial charge in [-0.1, -0.05) is 101 Å². The molecule has 3 nitrogen and oxygen atoms in total. The number of nitrogens with zero attached hydrogens (tertiary/aromatic N) is 3. The minimum absolute atomic E-state index is 0.0464. The van der Waals surface area contributed by atoms with Gasteiger partial charge in [0.05, 0.1) is 0 Å². The van der Waals surface area contributed by atoms with Crippen LogP contribution in [0.1, 0.15) is 45.2 Å². The van der Waals surface area contributed by atoms with Crippen LogP contribution in [0.4, 0.5) is 28.6 Å². The molecule has 3 heteroatoms. The molecule has 0 radical (unpaired) electrons. The van der Waals surface area contributed by atoms with E-state index in [1.54, 1.807) is 0 Å². The normalized spacial score (nSPS) is 19.2. The molecule has 0 spiro atoms. The molecule has 0 bridgehead atoms. The Labute approximate surface area is 248 Å². The summed E-state index contributed by atoms with van der Waals surface area (Å²) in [7, 11) is 0. The van der Waals surface area contributed by atoms with E-state index in [2.05, 4.69) is 153 Å². The van der Waals surface area contributed by atoms with Crippen molar-refractivity contribution >= 4 is 39.3 Å². The van der Waals surface area contributed by atoms with Crippen molar-refractivity contribution in [2.45, 2.75) is 44.9 Å². The van der Waals surface area contributed by atoms with E-state index in [9.17, 15) is 0 Å². The van der Waals surface area contributed by atoms with E-state index in [1.807, 2.05) is 6.20 Å². The number of hydrogen-bond donors (Lipinski definition) is 0. The van der Waals surface area contributed by atoms with Gasteiger partial charge >= 0.3 is 0 Å². The summed E-state index contributed by atoms with van der Waals surface area (Å²) >= 11 is 0. The van der Waals surface area contributed by atoms with Crippen molar-refractivity contribution in [1.82, 2.24) is 4.98 Å². The third-order valence-electron chi connectivity index (χ3n) is 9.92. The summed E-state index contributed by atoms with van der Waals surface area (Å²) in [5.41, 5.74) is 10.4. The summed E-state index contributed by atoms with van der Waals surface area (Å²) < 4.78 is 0. The highest BCUT2D eigenvalue weighted by Crippen LogP contribution is 2.60. The lowest BCUT2D eigenvalue weighted by Gasteiger charge is -2.54. The van der Waals surface area contributed by atoms with E-state index in [4.69, 9.17) is 4.98 Å². The Morgan fingerprint density at radius 3 is 2.33 bits per heavy atom. The van der Waals surface area contributed by atoms with Crippen LogP contribution in [0.3, 0.4) is 0 Å². The lowest BCUT2D eigenvalue weighted by molar-refractivity contribution is 0.339.